The molecular formula is C12H18F2N2. The topological polar surface area (TPSA) is 17.8 Å². The van der Waals surface area contributed by atoms with Crippen molar-refractivity contribution < 1.29 is 8.78 Å². The second-order valence-corrected chi connectivity index (χ2v) is 3.92. The Kier molecular flexibility index (Phi) is 5.15. The lowest BCUT2D eigenvalue weighted by Gasteiger charge is -2.09. The molecule has 0 aromatic carbocycles. The Balaban J connectivity index is 2.44. The highest BCUT2D eigenvalue weighted by atomic mass is 19.2. The van der Waals surface area contributed by atoms with Crippen LogP contribution in [0.5, 0.6) is 0 Å². The maximum Gasteiger partial charge on any atom is 0.129 e. The summed E-state index contributed by atoms with van der Waals surface area (Å²) in [6, 6.07) is 0. The maximum atomic E-state index is 12.8. The van der Waals surface area contributed by atoms with Crippen LogP contribution in [-0.2, 0) is 6.54 Å². The fraction of sp³-hybridized carbons (Fsp3) is 0.583. The lowest BCUT2D eigenvalue weighted by Crippen LogP contribution is -2.05. The zero-order valence-electron chi connectivity index (χ0n) is 9.79. The first-order valence-electron chi connectivity index (χ1n) is 5.48. The van der Waals surface area contributed by atoms with Crippen molar-refractivity contribution in [2.45, 2.75) is 39.4 Å². The molecule has 1 aromatic rings. The molecule has 0 N–H and O–H groups in total. The van der Waals surface area contributed by atoms with Crippen molar-refractivity contribution in [3.05, 3.63) is 29.9 Å². The quantitative estimate of drug-likeness (QED) is 0.683. The third-order valence-electron chi connectivity index (χ3n) is 2.50. The predicted octanol–water partition coefficient (Wildman–Crippen LogP) is 3.23. The molecule has 0 saturated heterocycles. The van der Waals surface area contributed by atoms with Gasteiger partial charge in [0.15, 0.2) is 0 Å². The highest BCUT2D eigenvalue weighted by Crippen LogP contribution is 2.13. The summed E-state index contributed by atoms with van der Waals surface area (Å²) in [7, 11) is 0. The Morgan fingerprint density at radius 2 is 2.38 bits per heavy atom. The Morgan fingerprint density at radius 3 is 2.88 bits per heavy atom. The molecule has 0 aliphatic heterocycles. The zero-order valence-corrected chi connectivity index (χ0v) is 9.79. The average Bonchev–Trinajstić information content (AvgIpc) is 2.69. The van der Waals surface area contributed by atoms with Gasteiger partial charge in [0.2, 0.25) is 0 Å². The van der Waals surface area contributed by atoms with Gasteiger partial charge in [0.1, 0.15) is 12.8 Å². The number of aryl methyl sites for hydroxylation is 1. The van der Waals surface area contributed by atoms with Crippen LogP contribution >= 0.6 is 0 Å². The minimum atomic E-state index is -1.33. The number of hydrogen-bond acceptors (Lipinski definition) is 1. The number of allylic oxidation sites excluding steroid dienone is 2. The Bertz CT molecular complexity index is 345. The van der Waals surface area contributed by atoms with E-state index in [0.717, 1.165) is 11.3 Å². The molecule has 1 aromatic heterocycles. The fourth-order valence-electron chi connectivity index (χ4n) is 1.53. The van der Waals surface area contributed by atoms with E-state index in [9.17, 15) is 8.78 Å². The van der Waals surface area contributed by atoms with Gasteiger partial charge in [-0.3, -0.25) is 0 Å². The molecule has 0 saturated carbocycles. The SMILES string of the molecule is C/C=C(\CCC(F)CF)Cn1cnc(C)c1. The molecule has 0 aliphatic carbocycles. The molecule has 0 spiro atoms. The van der Waals surface area contributed by atoms with E-state index in [1.807, 2.05) is 30.7 Å². The predicted molar refractivity (Wildman–Crippen MR) is 60.8 cm³/mol. The number of nitrogens with zero attached hydrogens (tertiary/aromatic N) is 2. The van der Waals surface area contributed by atoms with Gasteiger partial charge < -0.3 is 4.57 Å². The molecule has 0 amide bonds. The first-order chi connectivity index (χ1) is 7.65. The van der Waals surface area contributed by atoms with E-state index in [-0.39, 0.29) is 6.42 Å². The number of halogens is 2. The second kappa shape index (κ2) is 6.40. The largest absolute Gasteiger partial charge is 0.333 e. The van der Waals surface area contributed by atoms with Crippen LogP contribution in [0.1, 0.15) is 25.5 Å². The molecule has 2 nitrogen and oxygen atoms in total. The van der Waals surface area contributed by atoms with Crippen molar-refractivity contribution in [1.82, 2.24) is 9.55 Å². The summed E-state index contributed by atoms with van der Waals surface area (Å²) in [4.78, 5) is 4.12. The van der Waals surface area contributed by atoms with Gasteiger partial charge in [-0.2, -0.15) is 0 Å². The van der Waals surface area contributed by atoms with Crippen molar-refractivity contribution in [1.29, 1.82) is 0 Å². The van der Waals surface area contributed by atoms with Gasteiger partial charge in [-0.15, -0.1) is 0 Å². The summed E-state index contributed by atoms with van der Waals surface area (Å²) in [5.41, 5.74) is 2.07. The Hall–Kier alpha value is -1.19. The molecule has 1 unspecified atom stereocenters. The molecule has 1 rings (SSSR count). The third-order valence-corrected chi connectivity index (χ3v) is 2.50. The summed E-state index contributed by atoms with van der Waals surface area (Å²) in [5, 5.41) is 0. The van der Waals surface area contributed by atoms with Gasteiger partial charge in [0.05, 0.1) is 12.0 Å². The van der Waals surface area contributed by atoms with E-state index in [4.69, 9.17) is 0 Å². The van der Waals surface area contributed by atoms with Gasteiger partial charge >= 0.3 is 0 Å². The zero-order chi connectivity index (χ0) is 12.0. The van der Waals surface area contributed by atoms with E-state index in [1.54, 1.807) is 6.33 Å². The average molecular weight is 228 g/mol. The van der Waals surface area contributed by atoms with Crippen LogP contribution in [0.3, 0.4) is 0 Å². The first-order valence-corrected chi connectivity index (χ1v) is 5.48. The molecule has 0 radical (unpaired) electrons. The number of aromatic nitrogens is 2. The lowest BCUT2D eigenvalue weighted by molar-refractivity contribution is 0.247. The molecule has 0 bridgehead atoms. The first kappa shape index (κ1) is 12.9. The summed E-state index contributed by atoms with van der Waals surface area (Å²) in [5.74, 6) is 0. The van der Waals surface area contributed by atoms with Gasteiger partial charge in [0.25, 0.3) is 0 Å². The highest BCUT2D eigenvalue weighted by Gasteiger charge is 2.07. The second-order valence-electron chi connectivity index (χ2n) is 3.92. The van der Waals surface area contributed by atoms with Crippen molar-refractivity contribution in [2.75, 3.05) is 6.67 Å². The standard InChI is InChI=1S/C12H18F2N2/c1-3-11(4-5-12(14)6-13)8-16-7-10(2)15-9-16/h3,7,9,12H,4-6,8H2,1-2H3/b11-3+. The number of hydrogen-bond donors (Lipinski definition) is 0. The molecule has 16 heavy (non-hydrogen) atoms. The van der Waals surface area contributed by atoms with E-state index in [0.29, 0.717) is 13.0 Å². The molecule has 0 aliphatic rings. The number of imidazole rings is 1. The molecule has 4 heteroatoms. The highest BCUT2D eigenvalue weighted by molar-refractivity contribution is 5.03. The fourth-order valence-corrected chi connectivity index (χ4v) is 1.53. The van der Waals surface area contributed by atoms with Crippen molar-refractivity contribution in [3.8, 4) is 0 Å². The van der Waals surface area contributed by atoms with Crippen LogP contribution < -0.4 is 0 Å². The van der Waals surface area contributed by atoms with E-state index >= 15 is 0 Å². The van der Waals surface area contributed by atoms with Crippen LogP contribution in [0.15, 0.2) is 24.2 Å². The van der Waals surface area contributed by atoms with Gasteiger partial charge in [-0.1, -0.05) is 11.6 Å². The van der Waals surface area contributed by atoms with Crippen LogP contribution in [0.4, 0.5) is 8.78 Å². The van der Waals surface area contributed by atoms with E-state index < -0.39 is 12.8 Å². The smallest absolute Gasteiger partial charge is 0.129 e. The van der Waals surface area contributed by atoms with Crippen molar-refractivity contribution >= 4 is 0 Å². The maximum absolute atomic E-state index is 12.8. The van der Waals surface area contributed by atoms with E-state index in [1.165, 1.54) is 0 Å². The van der Waals surface area contributed by atoms with Gasteiger partial charge in [-0.05, 0) is 26.7 Å². The molecule has 0 fully saturated rings. The number of rotatable bonds is 6. The monoisotopic (exact) mass is 228 g/mol. The van der Waals surface area contributed by atoms with Crippen molar-refractivity contribution in [2.24, 2.45) is 0 Å². The summed E-state index contributed by atoms with van der Waals surface area (Å²) >= 11 is 0. The minimum absolute atomic E-state index is 0.254. The summed E-state index contributed by atoms with van der Waals surface area (Å²) < 4.78 is 26.7. The number of alkyl halides is 2. The van der Waals surface area contributed by atoms with E-state index in [2.05, 4.69) is 4.98 Å². The minimum Gasteiger partial charge on any atom is -0.333 e. The Morgan fingerprint density at radius 1 is 1.62 bits per heavy atom. The Labute approximate surface area is 95.0 Å². The van der Waals surface area contributed by atoms with Crippen LogP contribution in [0.2, 0.25) is 0 Å². The molecule has 90 valence electrons. The summed E-state index contributed by atoms with van der Waals surface area (Å²) in [6.07, 6.45) is 5.16. The molecule has 1 atom stereocenters. The normalized spacial score (nSPS) is 14.1. The van der Waals surface area contributed by atoms with Crippen LogP contribution in [0.25, 0.3) is 0 Å². The van der Waals surface area contributed by atoms with Crippen LogP contribution in [-0.4, -0.2) is 22.4 Å². The van der Waals surface area contributed by atoms with Gasteiger partial charge in [0, 0.05) is 12.7 Å². The molecule has 1 heterocycles. The molecular weight excluding hydrogens is 210 g/mol. The summed E-state index contributed by atoms with van der Waals surface area (Å²) in [6.45, 7) is 3.66. The lowest BCUT2D eigenvalue weighted by atomic mass is 10.1. The third kappa shape index (κ3) is 4.13. The van der Waals surface area contributed by atoms with Gasteiger partial charge in [-0.25, -0.2) is 13.8 Å². The van der Waals surface area contributed by atoms with Crippen molar-refractivity contribution in [3.63, 3.8) is 0 Å². The van der Waals surface area contributed by atoms with Crippen LogP contribution in [0, 0.1) is 6.92 Å².